The van der Waals surface area contributed by atoms with Crippen LogP contribution in [0.2, 0.25) is 0 Å². The average molecular weight is 254 g/mol. The van der Waals surface area contributed by atoms with Crippen molar-refractivity contribution in [3.8, 4) is 0 Å². The summed E-state index contributed by atoms with van der Waals surface area (Å²) >= 11 is 1.62. The van der Waals surface area contributed by atoms with E-state index >= 15 is 0 Å². The van der Waals surface area contributed by atoms with Gasteiger partial charge in [-0.05, 0) is 12.8 Å². The van der Waals surface area contributed by atoms with Gasteiger partial charge in [0.25, 0.3) is 0 Å². The minimum absolute atomic E-state index is 0.109. The first-order valence-electron chi connectivity index (χ1n) is 5.79. The lowest BCUT2D eigenvalue weighted by molar-refractivity contribution is 0.158. The van der Waals surface area contributed by atoms with Crippen LogP contribution in [-0.4, -0.2) is 54.0 Å². The fourth-order valence-corrected chi connectivity index (χ4v) is 2.57. The molecule has 0 bridgehead atoms. The monoisotopic (exact) mass is 254 g/mol. The number of likely N-dealkylation sites (tertiary alicyclic amines) is 1. The maximum Gasteiger partial charge on any atom is 0.319 e. The summed E-state index contributed by atoms with van der Waals surface area (Å²) in [5, 5.41) is 6.35. The fraction of sp³-hybridized carbons (Fsp3) is 0.636. The van der Waals surface area contributed by atoms with Gasteiger partial charge in [-0.1, -0.05) is 0 Å². The normalized spacial score (nSPS) is 16.9. The molecule has 2 amide bonds. The van der Waals surface area contributed by atoms with Crippen LogP contribution in [0.5, 0.6) is 0 Å². The number of nitrogens with one attached hydrogen (secondary N) is 1. The first-order valence-corrected chi connectivity index (χ1v) is 6.67. The number of carbonyl (C=O) groups is 1. The second-order valence-electron chi connectivity index (χ2n) is 4.42. The standard InChI is InChI=1S/C11H18N4OS/c1-14(2)11(16)15-6-3-9(4-7-15)13-10-12-5-8-17-10/h5,8-9H,3-4,6-7H2,1-2H3,(H,12,13). The molecular formula is C11H18N4OS. The Labute approximate surface area is 105 Å². The molecule has 94 valence electrons. The van der Waals surface area contributed by atoms with Crippen molar-refractivity contribution in [1.82, 2.24) is 14.8 Å². The van der Waals surface area contributed by atoms with Crippen molar-refractivity contribution in [3.05, 3.63) is 11.6 Å². The molecule has 1 aliphatic heterocycles. The number of hydrogen-bond donors (Lipinski definition) is 1. The maximum atomic E-state index is 11.7. The molecule has 0 aliphatic carbocycles. The van der Waals surface area contributed by atoms with Gasteiger partial charge in [0.05, 0.1) is 0 Å². The lowest BCUT2D eigenvalue weighted by Gasteiger charge is -2.33. The molecule has 5 nitrogen and oxygen atoms in total. The maximum absolute atomic E-state index is 11.7. The van der Waals surface area contributed by atoms with Gasteiger partial charge in [0, 0.05) is 44.8 Å². The molecule has 0 unspecified atom stereocenters. The first kappa shape index (κ1) is 12.2. The highest BCUT2D eigenvalue weighted by molar-refractivity contribution is 7.13. The summed E-state index contributed by atoms with van der Waals surface area (Å²) in [4.78, 5) is 19.5. The number of piperidine rings is 1. The molecule has 1 aliphatic rings. The van der Waals surface area contributed by atoms with Gasteiger partial charge in [-0.25, -0.2) is 9.78 Å². The summed E-state index contributed by atoms with van der Waals surface area (Å²) in [7, 11) is 3.59. The van der Waals surface area contributed by atoms with Crippen molar-refractivity contribution in [3.63, 3.8) is 0 Å². The molecule has 17 heavy (non-hydrogen) atoms. The molecule has 0 saturated carbocycles. The number of rotatable bonds is 2. The third kappa shape index (κ3) is 3.09. The summed E-state index contributed by atoms with van der Waals surface area (Å²) in [5.74, 6) is 0. The zero-order valence-electron chi connectivity index (χ0n) is 10.2. The van der Waals surface area contributed by atoms with Gasteiger partial charge in [-0.3, -0.25) is 0 Å². The summed E-state index contributed by atoms with van der Waals surface area (Å²) in [6.45, 7) is 1.64. The first-order chi connectivity index (χ1) is 8.16. The topological polar surface area (TPSA) is 48.5 Å². The van der Waals surface area contributed by atoms with E-state index in [-0.39, 0.29) is 6.03 Å². The van der Waals surface area contributed by atoms with Gasteiger partial charge in [0.15, 0.2) is 5.13 Å². The Morgan fingerprint density at radius 1 is 1.53 bits per heavy atom. The van der Waals surface area contributed by atoms with Crippen LogP contribution >= 0.6 is 11.3 Å². The van der Waals surface area contributed by atoms with Crippen LogP contribution in [0.25, 0.3) is 0 Å². The second-order valence-corrected chi connectivity index (χ2v) is 5.31. The predicted molar refractivity (Wildman–Crippen MR) is 69.4 cm³/mol. The van der Waals surface area contributed by atoms with Crippen molar-refractivity contribution in [2.24, 2.45) is 0 Å². The fourth-order valence-electron chi connectivity index (χ4n) is 1.97. The third-order valence-electron chi connectivity index (χ3n) is 2.91. The molecule has 1 aromatic rings. The smallest absolute Gasteiger partial charge is 0.319 e. The Morgan fingerprint density at radius 2 is 2.24 bits per heavy atom. The van der Waals surface area contributed by atoms with E-state index in [1.54, 1.807) is 36.5 Å². The zero-order chi connectivity index (χ0) is 12.3. The molecule has 0 aromatic carbocycles. The van der Waals surface area contributed by atoms with Crippen LogP contribution in [-0.2, 0) is 0 Å². The van der Waals surface area contributed by atoms with Crippen molar-refractivity contribution >= 4 is 22.5 Å². The number of urea groups is 1. The number of thiazole rings is 1. The Kier molecular flexibility index (Phi) is 3.83. The largest absolute Gasteiger partial charge is 0.359 e. The lowest BCUT2D eigenvalue weighted by atomic mass is 10.1. The van der Waals surface area contributed by atoms with Crippen LogP contribution < -0.4 is 5.32 Å². The van der Waals surface area contributed by atoms with Crippen LogP contribution in [0.3, 0.4) is 0 Å². The molecular weight excluding hydrogens is 236 g/mol. The Balaban J connectivity index is 1.80. The van der Waals surface area contributed by atoms with Gasteiger partial charge in [0.1, 0.15) is 0 Å². The molecule has 1 fully saturated rings. The van der Waals surface area contributed by atoms with Gasteiger partial charge >= 0.3 is 6.03 Å². The summed E-state index contributed by atoms with van der Waals surface area (Å²) < 4.78 is 0. The quantitative estimate of drug-likeness (QED) is 0.874. The van der Waals surface area contributed by atoms with E-state index in [0.29, 0.717) is 6.04 Å². The van der Waals surface area contributed by atoms with Crippen molar-refractivity contribution in [2.45, 2.75) is 18.9 Å². The van der Waals surface area contributed by atoms with Gasteiger partial charge in [0.2, 0.25) is 0 Å². The molecule has 1 saturated heterocycles. The van der Waals surface area contributed by atoms with E-state index in [1.807, 2.05) is 10.3 Å². The van der Waals surface area contributed by atoms with Gasteiger partial charge in [-0.2, -0.15) is 0 Å². The Bertz CT molecular complexity index is 358. The van der Waals surface area contributed by atoms with Gasteiger partial charge in [-0.15, -0.1) is 11.3 Å². The number of aromatic nitrogens is 1. The number of anilines is 1. The minimum Gasteiger partial charge on any atom is -0.359 e. The summed E-state index contributed by atoms with van der Waals surface area (Å²) in [5.41, 5.74) is 0. The van der Waals surface area contributed by atoms with E-state index in [2.05, 4.69) is 10.3 Å². The molecule has 0 atom stereocenters. The Hall–Kier alpha value is -1.30. The van der Waals surface area contributed by atoms with Crippen LogP contribution in [0.4, 0.5) is 9.93 Å². The molecule has 0 radical (unpaired) electrons. The zero-order valence-corrected chi connectivity index (χ0v) is 11.0. The number of nitrogens with zero attached hydrogens (tertiary/aromatic N) is 3. The average Bonchev–Trinajstić information content (AvgIpc) is 2.82. The SMILES string of the molecule is CN(C)C(=O)N1CCC(Nc2nccs2)CC1. The number of hydrogen-bond acceptors (Lipinski definition) is 4. The Morgan fingerprint density at radius 3 is 2.76 bits per heavy atom. The lowest BCUT2D eigenvalue weighted by Crippen LogP contribution is -2.46. The minimum atomic E-state index is 0.109. The van der Waals surface area contributed by atoms with Crippen LogP contribution in [0.15, 0.2) is 11.6 Å². The third-order valence-corrected chi connectivity index (χ3v) is 3.61. The van der Waals surface area contributed by atoms with Crippen molar-refractivity contribution < 1.29 is 4.79 Å². The highest BCUT2D eigenvalue weighted by Gasteiger charge is 2.23. The van der Waals surface area contributed by atoms with E-state index < -0.39 is 0 Å². The van der Waals surface area contributed by atoms with E-state index in [1.165, 1.54) is 0 Å². The molecule has 1 N–H and O–H groups in total. The molecule has 2 heterocycles. The van der Waals surface area contributed by atoms with E-state index in [0.717, 1.165) is 31.1 Å². The highest BCUT2D eigenvalue weighted by Crippen LogP contribution is 2.18. The summed E-state index contributed by atoms with van der Waals surface area (Å²) in [6.07, 6.45) is 3.77. The van der Waals surface area contributed by atoms with Crippen molar-refractivity contribution in [1.29, 1.82) is 0 Å². The predicted octanol–water partition coefficient (Wildman–Crippen LogP) is 1.70. The molecule has 2 rings (SSSR count). The van der Waals surface area contributed by atoms with Crippen LogP contribution in [0, 0.1) is 0 Å². The number of amides is 2. The van der Waals surface area contributed by atoms with E-state index in [4.69, 9.17) is 0 Å². The van der Waals surface area contributed by atoms with Crippen molar-refractivity contribution in [2.75, 3.05) is 32.5 Å². The van der Waals surface area contributed by atoms with Gasteiger partial charge < -0.3 is 15.1 Å². The highest BCUT2D eigenvalue weighted by atomic mass is 32.1. The second kappa shape index (κ2) is 5.35. The molecule has 6 heteroatoms. The molecule has 1 aromatic heterocycles. The summed E-state index contributed by atoms with van der Waals surface area (Å²) in [6, 6.07) is 0.546. The molecule has 0 spiro atoms. The van der Waals surface area contributed by atoms with Crippen LogP contribution in [0.1, 0.15) is 12.8 Å². The number of carbonyl (C=O) groups excluding carboxylic acids is 1. The van der Waals surface area contributed by atoms with E-state index in [9.17, 15) is 4.79 Å².